The van der Waals surface area contributed by atoms with Crippen molar-refractivity contribution in [2.24, 2.45) is 0 Å². The van der Waals surface area contributed by atoms with Crippen LogP contribution in [0.4, 0.5) is 4.39 Å². The predicted molar refractivity (Wildman–Crippen MR) is 44.2 cm³/mol. The monoisotopic (exact) mass is 162 g/mol. The molecule has 0 saturated carbocycles. The van der Waals surface area contributed by atoms with Gasteiger partial charge in [-0.1, -0.05) is 6.58 Å². The second kappa shape index (κ2) is 3.88. The molecule has 0 aromatic heterocycles. The van der Waals surface area contributed by atoms with Crippen LogP contribution in [0.15, 0.2) is 12.4 Å². The molecule has 0 heterocycles. The first-order chi connectivity index (χ1) is 4.42. The van der Waals surface area contributed by atoms with Gasteiger partial charge in [0.25, 0.3) is 0 Å². The van der Waals surface area contributed by atoms with Crippen LogP contribution in [0.5, 0.6) is 0 Å². The molecule has 0 aromatic carbocycles. The van der Waals surface area contributed by atoms with E-state index in [0.717, 1.165) is 0 Å². The lowest BCUT2D eigenvalue weighted by Gasteiger charge is -2.16. The third-order valence-corrected chi connectivity index (χ3v) is 1.98. The summed E-state index contributed by atoms with van der Waals surface area (Å²) in [6.07, 6.45) is 0.338. The summed E-state index contributed by atoms with van der Waals surface area (Å²) >= 11 is 0. The molecule has 3 heteroatoms. The lowest BCUT2D eigenvalue weighted by Crippen LogP contribution is -2.25. The first-order valence-corrected chi connectivity index (χ1v) is 6.80. The van der Waals surface area contributed by atoms with Crippen molar-refractivity contribution >= 4 is 8.32 Å². The highest BCUT2D eigenvalue weighted by atomic mass is 28.4. The molecule has 60 valence electrons. The maximum Gasteiger partial charge on any atom is 0.183 e. The summed E-state index contributed by atoms with van der Waals surface area (Å²) in [5.74, 6) is -0.293. The van der Waals surface area contributed by atoms with E-state index in [2.05, 4.69) is 26.2 Å². The Hall–Kier alpha value is -0.153. The van der Waals surface area contributed by atoms with Gasteiger partial charge in [0.2, 0.25) is 0 Å². The van der Waals surface area contributed by atoms with Gasteiger partial charge in [0.05, 0.1) is 5.83 Å². The summed E-state index contributed by atoms with van der Waals surface area (Å²) in [5.41, 5.74) is 0. The van der Waals surface area contributed by atoms with Gasteiger partial charge in [0, 0.05) is 13.0 Å². The molecule has 0 bridgehead atoms. The number of rotatable bonds is 4. The summed E-state index contributed by atoms with van der Waals surface area (Å²) in [5, 5.41) is 0. The lowest BCUT2D eigenvalue weighted by atomic mass is 10.4. The van der Waals surface area contributed by atoms with Crippen LogP contribution in [0, 0.1) is 0 Å². The Balaban J connectivity index is 3.29. The van der Waals surface area contributed by atoms with E-state index < -0.39 is 8.32 Å². The van der Waals surface area contributed by atoms with Crippen molar-refractivity contribution in [1.82, 2.24) is 0 Å². The van der Waals surface area contributed by atoms with Gasteiger partial charge in [-0.15, -0.1) is 0 Å². The van der Waals surface area contributed by atoms with E-state index in [-0.39, 0.29) is 5.83 Å². The first-order valence-electron chi connectivity index (χ1n) is 3.39. The summed E-state index contributed by atoms with van der Waals surface area (Å²) in [7, 11) is -1.43. The molecule has 1 nitrogen and oxygen atoms in total. The van der Waals surface area contributed by atoms with Gasteiger partial charge in [0.15, 0.2) is 8.32 Å². The molecule has 0 N–H and O–H groups in total. The van der Waals surface area contributed by atoms with Crippen molar-refractivity contribution in [2.45, 2.75) is 26.1 Å². The third-order valence-electron chi connectivity index (χ3n) is 0.908. The van der Waals surface area contributed by atoms with E-state index in [9.17, 15) is 4.39 Å². The van der Waals surface area contributed by atoms with E-state index in [1.165, 1.54) is 0 Å². The van der Waals surface area contributed by atoms with E-state index in [4.69, 9.17) is 4.43 Å². The standard InChI is InChI=1S/C7H15FOSi/c1-7(8)5-6-9-10(2,3)4/h1,5-6H2,2-4H3. The minimum atomic E-state index is -1.43. The molecular formula is C7H15FOSi. The molecule has 0 unspecified atom stereocenters. The van der Waals surface area contributed by atoms with Crippen LogP contribution in [0.2, 0.25) is 19.6 Å². The third kappa shape index (κ3) is 7.85. The van der Waals surface area contributed by atoms with Crippen molar-refractivity contribution in [3.8, 4) is 0 Å². The Morgan fingerprint density at radius 3 is 2.30 bits per heavy atom. The normalized spacial score (nSPS) is 11.6. The number of hydrogen-bond donors (Lipinski definition) is 0. The molecule has 10 heavy (non-hydrogen) atoms. The van der Waals surface area contributed by atoms with Crippen molar-refractivity contribution in [1.29, 1.82) is 0 Å². The van der Waals surface area contributed by atoms with Gasteiger partial charge in [-0.3, -0.25) is 0 Å². The highest BCUT2D eigenvalue weighted by Gasteiger charge is 2.13. The van der Waals surface area contributed by atoms with Crippen LogP contribution in [0.25, 0.3) is 0 Å². The molecule has 0 aliphatic heterocycles. The molecule has 0 aliphatic rings. The Morgan fingerprint density at radius 1 is 1.50 bits per heavy atom. The van der Waals surface area contributed by atoms with E-state index in [0.29, 0.717) is 13.0 Å². The fraction of sp³-hybridized carbons (Fsp3) is 0.714. The van der Waals surface area contributed by atoms with Crippen molar-refractivity contribution in [3.63, 3.8) is 0 Å². The van der Waals surface area contributed by atoms with Crippen molar-refractivity contribution < 1.29 is 8.82 Å². The average molecular weight is 162 g/mol. The Kier molecular flexibility index (Phi) is 3.82. The van der Waals surface area contributed by atoms with Crippen LogP contribution in [0.1, 0.15) is 6.42 Å². The number of halogens is 1. The van der Waals surface area contributed by atoms with E-state index in [1.54, 1.807) is 0 Å². The molecule has 0 atom stereocenters. The van der Waals surface area contributed by atoms with Gasteiger partial charge < -0.3 is 4.43 Å². The minimum absolute atomic E-state index is 0.293. The van der Waals surface area contributed by atoms with Crippen LogP contribution >= 0.6 is 0 Å². The van der Waals surface area contributed by atoms with Crippen molar-refractivity contribution in [3.05, 3.63) is 12.4 Å². The van der Waals surface area contributed by atoms with E-state index in [1.807, 2.05) is 0 Å². The fourth-order valence-electron chi connectivity index (χ4n) is 0.468. The van der Waals surface area contributed by atoms with Gasteiger partial charge in [-0.25, -0.2) is 4.39 Å². The maximum absolute atomic E-state index is 12.0. The summed E-state index contributed by atoms with van der Waals surface area (Å²) in [6, 6.07) is 0. The number of hydrogen-bond acceptors (Lipinski definition) is 1. The Morgan fingerprint density at radius 2 is 2.00 bits per heavy atom. The average Bonchev–Trinajstić information content (AvgIpc) is 1.59. The highest BCUT2D eigenvalue weighted by molar-refractivity contribution is 6.69. The van der Waals surface area contributed by atoms with Crippen LogP contribution < -0.4 is 0 Å². The first kappa shape index (κ1) is 9.85. The Labute approximate surface area is 63.0 Å². The second-order valence-electron chi connectivity index (χ2n) is 3.23. The van der Waals surface area contributed by atoms with Gasteiger partial charge in [-0.2, -0.15) is 0 Å². The summed E-state index contributed by atoms with van der Waals surface area (Å²) < 4.78 is 17.4. The molecule has 0 aromatic rings. The second-order valence-corrected chi connectivity index (χ2v) is 7.74. The molecule has 0 fully saturated rings. The zero-order valence-corrected chi connectivity index (χ0v) is 7.91. The van der Waals surface area contributed by atoms with Gasteiger partial charge in [0.1, 0.15) is 0 Å². The SMILES string of the molecule is C=C(F)CCO[Si](C)(C)C. The molecule has 0 saturated heterocycles. The molecule has 0 amide bonds. The molecule has 0 aliphatic carbocycles. The van der Waals surface area contributed by atoms with Crippen LogP contribution in [0.3, 0.4) is 0 Å². The molecule has 0 rings (SSSR count). The van der Waals surface area contributed by atoms with E-state index >= 15 is 0 Å². The minimum Gasteiger partial charge on any atom is -0.417 e. The zero-order valence-electron chi connectivity index (χ0n) is 6.91. The van der Waals surface area contributed by atoms with Gasteiger partial charge >= 0.3 is 0 Å². The molecule has 0 spiro atoms. The largest absolute Gasteiger partial charge is 0.417 e. The quantitative estimate of drug-likeness (QED) is 0.577. The highest BCUT2D eigenvalue weighted by Crippen LogP contribution is 2.05. The van der Waals surface area contributed by atoms with Crippen LogP contribution in [-0.4, -0.2) is 14.9 Å². The summed E-state index contributed by atoms with van der Waals surface area (Å²) in [6.45, 7) is 9.85. The lowest BCUT2D eigenvalue weighted by molar-refractivity contribution is 0.305. The fourth-order valence-corrected chi connectivity index (χ4v) is 1.18. The maximum atomic E-state index is 12.0. The van der Waals surface area contributed by atoms with Crippen LogP contribution in [-0.2, 0) is 4.43 Å². The Bertz CT molecular complexity index is 117. The topological polar surface area (TPSA) is 9.23 Å². The van der Waals surface area contributed by atoms with Gasteiger partial charge in [-0.05, 0) is 19.6 Å². The summed E-state index contributed by atoms with van der Waals surface area (Å²) in [4.78, 5) is 0. The molecular weight excluding hydrogens is 147 g/mol. The molecule has 0 radical (unpaired) electrons. The predicted octanol–water partition coefficient (Wildman–Crippen LogP) is 2.71. The zero-order chi connectivity index (χ0) is 8.20. The van der Waals surface area contributed by atoms with Crippen molar-refractivity contribution in [2.75, 3.05) is 6.61 Å². The smallest absolute Gasteiger partial charge is 0.183 e.